The number of nitriles is 1. The Balaban J connectivity index is 2.63. The number of carboxylic acids is 1. The van der Waals surface area contributed by atoms with Crippen molar-refractivity contribution in [3.63, 3.8) is 0 Å². The third-order valence-electron chi connectivity index (χ3n) is 3.26. The molecule has 5 nitrogen and oxygen atoms in total. The van der Waals surface area contributed by atoms with Crippen LogP contribution < -0.4 is 4.90 Å². The smallest absolute Gasteiger partial charge is 0.305 e. The van der Waals surface area contributed by atoms with Crippen LogP contribution >= 0.6 is 0 Å². The fourth-order valence-electron chi connectivity index (χ4n) is 2.29. The van der Waals surface area contributed by atoms with Gasteiger partial charge >= 0.3 is 5.97 Å². The number of carbonyl (C=O) groups is 1. The van der Waals surface area contributed by atoms with E-state index in [0.29, 0.717) is 27.7 Å². The van der Waals surface area contributed by atoms with Crippen LogP contribution in [0.15, 0.2) is 18.3 Å². The van der Waals surface area contributed by atoms with Crippen LogP contribution in [0.5, 0.6) is 0 Å². The number of halogens is 1. The second-order valence-electron chi connectivity index (χ2n) is 4.82. The second-order valence-corrected chi connectivity index (χ2v) is 4.82. The van der Waals surface area contributed by atoms with Crippen molar-refractivity contribution < 1.29 is 14.3 Å². The third kappa shape index (κ3) is 2.92. The van der Waals surface area contributed by atoms with Crippen molar-refractivity contribution in [3.8, 4) is 6.07 Å². The minimum absolute atomic E-state index is 0.0700. The topological polar surface area (TPSA) is 77.2 Å². The molecule has 0 aliphatic rings. The Morgan fingerprint density at radius 3 is 2.86 bits per heavy atom. The van der Waals surface area contributed by atoms with E-state index in [1.165, 1.54) is 18.3 Å². The molecule has 2 aromatic rings. The summed E-state index contributed by atoms with van der Waals surface area (Å²) in [6.45, 7) is 1.96. The van der Waals surface area contributed by atoms with Crippen LogP contribution in [0.4, 0.5) is 10.1 Å². The molecule has 21 heavy (non-hydrogen) atoms. The number of carboxylic acid groups (broad SMARTS) is 1. The minimum atomic E-state index is -0.930. The average molecular weight is 287 g/mol. The first-order chi connectivity index (χ1) is 9.93. The lowest BCUT2D eigenvalue weighted by Gasteiger charge is -2.21. The summed E-state index contributed by atoms with van der Waals surface area (Å²) in [4.78, 5) is 16.5. The van der Waals surface area contributed by atoms with Gasteiger partial charge in [0.05, 0.1) is 23.2 Å². The Bertz CT molecular complexity index is 753. The van der Waals surface area contributed by atoms with Crippen molar-refractivity contribution in [3.05, 3.63) is 35.3 Å². The number of aryl methyl sites for hydroxylation is 1. The molecule has 2 rings (SSSR count). The lowest BCUT2D eigenvalue weighted by Crippen LogP contribution is -2.22. The number of nitrogens with zero attached hydrogens (tertiary/aromatic N) is 3. The molecule has 108 valence electrons. The van der Waals surface area contributed by atoms with Crippen LogP contribution in [0.25, 0.3) is 10.9 Å². The highest BCUT2D eigenvalue weighted by molar-refractivity contribution is 5.96. The van der Waals surface area contributed by atoms with E-state index in [2.05, 4.69) is 4.98 Å². The predicted octanol–water partition coefficient (Wildman–Crippen LogP) is 2.46. The lowest BCUT2D eigenvalue weighted by atomic mass is 10.1. The predicted molar refractivity (Wildman–Crippen MR) is 76.7 cm³/mol. The maximum atomic E-state index is 13.7. The average Bonchev–Trinajstić information content (AvgIpc) is 2.43. The quantitative estimate of drug-likeness (QED) is 0.934. The molecule has 0 unspecified atom stereocenters. The molecule has 1 heterocycles. The summed E-state index contributed by atoms with van der Waals surface area (Å²) >= 11 is 0. The highest BCUT2D eigenvalue weighted by atomic mass is 19.1. The van der Waals surface area contributed by atoms with Crippen molar-refractivity contribution in [2.75, 3.05) is 18.5 Å². The maximum Gasteiger partial charge on any atom is 0.305 e. The van der Waals surface area contributed by atoms with Crippen molar-refractivity contribution in [2.45, 2.75) is 13.3 Å². The molecule has 1 aromatic carbocycles. The van der Waals surface area contributed by atoms with Crippen molar-refractivity contribution in [1.29, 1.82) is 5.26 Å². The van der Waals surface area contributed by atoms with E-state index >= 15 is 0 Å². The highest BCUT2D eigenvalue weighted by Gasteiger charge is 2.16. The van der Waals surface area contributed by atoms with Gasteiger partial charge in [-0.3, -0.25) is 9.78 Å². The molecule has 0 aliphatic heterocycles. The van der Waals surface area contributed by atoms with Gasteiger partial charge in [0.25, 0.3) is 0 Å². The first kappa shape index (κ1) is 14.7. The van der Waals surface area contributed by atoms with Crippen LogP contribution in [0.1, 0.15) is 17.5 Å². The van der Waals surface area contributed by atoms with E-state index in [1.54, 1.807) is 18.9 Å². The zero-order valence-corrected chi connectivity index (χ0v) is 11.7. The summed E-state index contributed by atoms with van der Waals surface area (Å²) in [5.41, 5.74) is 2.07. The van der Waals surface area contributed by atoms with E-state index < -0.39 is 11.8 Å². The molecule has 0 saturated carbocycles. The molecule has 0 amide bonds. The molecule has 0 radical (unpaired) electrons. The Morgan fingerprint density at radius 2 is 2.24 bits per heavy atom. The Hall–Kier alpha value is -2.68. The molecule has 0 spiro atoms. The minimum Gasteiger partial charge on any atom is -0.481 e. The number of anilines is 1. The molecule has 1 N–H and O–H groups in total. The Labute approximate surface area is 121 Å². The molecule has 6 heteroatoms. The van der Waals surface area contributed by atoms with Gasteiger partial charge in [-0.1, -0.05) is 0 Å². The van der Waals surface area contributed by atoms with E-state index in [1.807, 2.05) is 6.07 Å². The number of fused-ring (bicyclic) bond motifs is 1. The largest absolute Gasteiger partial charge is 0.481 e. The van der Waals surface area contributed by atoms with Gasteiger partial charge in [0.15, 0.2) is 0 Å². The van der Waals surface area contributed by atoms with Crippen molar-refractivity contribution >= 4 is 22.6 Å². The molecular formula is C15H14FN3O2. The van der Waals surface area contributed by atoms with E-state index in [4.69, 9.17) is 5.11 Å². The number of benzene rings is 1. The molecule has 0 saturated heterocycles. The zero-order valence-electron chi connectivity index (χ0n) is 11.7. The number of hydrogen-bond acceptors (Lipinski definition) is 4. The molecule has 0 atom stereocenters. The van der Waals surface area contributed by atoms with Gasteiger partial charge in [-0.05, 0) is 24.6 Å². The fraction of sp³-hybridized carbons (Fsp3) is 0.267. The zero-order chi connectivity index (χ0) is 15.6. The molecule has 0 bridgehead atoms. The van der Waals surface area contributed by atoms with Gasteiger partial charge in [-0.25, -0.2) is 4.39 Å². The maximum absolute atomic E-state index is 13.7. The van der Waals surface area contributed by atoms with Crippen LogP contribution in [0.3, 0.4) is 0 Å². The van der Waals surface area contributed by atoms with E-state index in [9.17, 15) is 14.4 Å². The summed E-state index contributed by atoms with van der Waals surface area (Å²) in [5.74, 6) is -1.34. The lowest BCUT2D eigenvalue weighted by molar-refractivity contribution is -0.136. The Morgan fingerprint density at radius 1 is 1.52 bits per heavy atom. The third-order valence-corrected chi connectivity index (χ3v) is 3.26. The van der Waals surface area contributed by atoms with Gasteiger partial charge in [0, 0.05) is 25.2 Å². The summed E-state index contributed by atoms with van der Waals surface area (Å²) in [7, 11) is 1.68. The standard InChI is InChI=1S/C15H14FN3O2/c1-9-5-11(16)6-12-14(9)18-8-10(7-17)15(12)19(2)4-3-13(20)21/h5-6,8H,3-4H2,1-2H3,(H,20,21). The van der Waals surface area contributed by atoms with Crippen LogP contribution in [-0.4, -0.2) is 29.7 Å². The monoisotopic (exact) mass is 287 g/mol. The normalized spacial score (nSPS) is 10.4. The SMILES string of the molecule is Cc1cc(F)cc2c(N(C)CCC(=O)O)c(C#N)cnc12. The van der Waals surface area contributed by atoms with Gasteiger partial charge in [-0.15, -0.1) is 0 Å². The number of aliphatic carboxylic acids is 1. The fourth-order valence-corrected chi connectivity index (χ4v) is 2.29. The molecular weight excluding hydrogens is 273 g/mol. The molecule has 0 aliphatic carbocycles. The summed E-state index contributed by atoms with van der Waals surface area (Å²) in [5, 5.41) is 18.5. The van der Waals surface area contributed by atoms with Crippen molar-refractivity contribution in [2.24, 2.45) is 0 Å². The number of hydrogen-bond donors (Lipinski definition) is 1. The highest BCUT2D eigenvalue weighted by Crippen LogP contribution is 2.31. The van der Waals surface area contributed by atoms with Crippen LogP contribution in [0.2, 0.25) is 0 Å². The van der Waals surface area contributed by atoms with E-state index in [-0.39, 0.29) is 13.0 Å². The summed E-state index contributed by atoms with van der Waals surface area (Å²) < 4.78 is 13.7. The molecule has 0 fully saturated rings. The van der Waals surface area contributed by atoms with Crippen LogP contribution in [0, 0.1) is 24.1 Å². The number of aromatic nitrogens is 1. The first-order valence-electron chi connectivity index (χ1n) is 6.36. The van der Waals surface area contributed by atoms with Gasteiger partial charge in [-0.2, -0.15) is 5.26 Å². The number of rotatable bonds is 4. The number of pyridine rings is 1. The molecule has 1 aromatic heterocycles. The van der Waals surface area contributed by atoms with E-state index in [0.717, 1.165) is 0 Å². The second kappa shape index (κ2) is 5.75. The first-order valence-corrected chi connectivity index (χ1v) is 6.36. The summed E-state index contributed by atoms with van der Waals surface area (Å²) in [6.07, 6.45) is 1.36. The van der Waals surface area contributed by atoms with Crippen molar-refractivity contribution in [1.82, 2.24) is 4.98 Å². The van der Waals surface area contributed by atoms with Gasteiger partial charge in [0.1, 0.15) is 11.9 Å². The van der Waals surface area contributed by atoms with Gasteiger partial charge in [0.2, 0.25) is 0 Å². The van der Waals surface area contributed by atoms with Gasteiger partial charge < -0.3 is 10.0 Å². The van der Waals surface area contributed by atoms with Crippen LogP contribution in [-0.2, 0) is 4.79 Å². The summed E-state index contributed by atoms with van der Waals surface area (Å²) in [6, 6.07) is 4.72. The Kier molecular flexibility index (Phi) is 4.03.